The minimum atomic E-state index is -0.339. The predicted molar refractivity (Wildman–Crippen MR) is 84.8 cm³/mol. The molecule has 104 valence electrons. The number of carbonyl (C=O) groups is 1. The SMILES string of the molecule is O=C(Nc1ccccc1-c1cccs1)c1cncc(Cl)n1. The lowest BCUT2D eigenvalue weighted by molar-refractivity contribution is 0.102. The van der Waals surface area contributed by atoms with E-state index in [2.05, 4.69) is 15.3 Å². The summed E-state index contributed by atoms with van der Waals surface area (Å²) < 4.78 is 0. The summed E-state index contributed by atoms with van der Waals surface area (Å²) in [7, 11) is 0. The van der Waals surface area contributed by atoms with Crippen LogP contribution >= 0.6 is 22.9 Å². The molecular weight excluding hydrogens is 306 g/mol. The van der Waals surface area contributed by atoms with Gasteiger partial charge in [0.1, 0.15) is 10.8 Å². The quantitative estimate of drug-likeness (QED) is 0.791. The molecule has 0 aliphatic carbocycles. The molecule has 1 N–H and O–H groups in total. The number of nitrogens with one attached hydrogen (secondary N) is 1. The van der Waals surface area contributed by atoms with E-state index < -0.39 is 0 Å². The number of hydrogen-bond acceptors (Lipinski definition) is 4. The Morgan fingerprint density at radius 2 is 2.00 bits per heavy atom. The molecule has 6 heteroatoms. The van der Waals surface area contributed by atoms with Crippen LogP contribution in [0.25, 0.3) is 10.4 Å². The maximum absolute atomic E-state index is 12.2. The number of halogens is 1. The largest absolute Gasteiger partial charge is 0.320 e. The number of rotatable bonds is 3. The third kappa shape index (κ3) is 3.09. The van der Waals surface area contributed by atoms with E-state index in [1.54, 1.807) is 11.3 Å². The molecule has 0 saturated carbocycles. The first-order chi connectivity index (χ1) is 10.2. The lowest BCUT2D eigenvalue weighted by atomic mass is 10.1. The van der Waals surface area contributed by atoms with Gasteiger partial charge in [0, 0.05) is 16.1 Å². The number of benzene rings is 1. The van der Waals surface area contributed by atoms with Gasteiger partial charge < -0.3 is 5.32 Å². The number of nitrogens with zero attached hydrogens (tertiary/aromatic N) is 2. The maximum Gasteiger partial charge on any atom is 0.275 e. The monoisotopic (exact) mass is 315 g/mol. The van der Waals surface area contributed by atoms with Gasteiger partial charge in [0.2, 0.25) is 0 Å². The lowest BCUT2D eigenvalue weighted by Crippen LogP contribution is -2.14. The van der Waals surface area contributed by atoms with Gasteiger partial charge in [0.05, 0.1) is 12.4 Å². The minimum Gasteiger partial charge on any atom is -0.320 e. The summed E-state index contributed by atoms with van der Waals surface area (Å²) in [6, 6.07) is 11.6. The second-order valence-electron chi connectivity index (χ2n) is 4.20. The van der Waals surface area contributed by atoms with Crippen molar-refractivity contribution in [1.82, 2.24) is 9.97 Å². The number of thiophene rings is 1. The zero-order chi connectivity index (χ0) is 14.7. The van der Waals surface area contributed by atoms with Gasteiger partial charge in [-0.1, -0.05) is 35.9 Å². The molecule has 1 amide bonds. The Morgan fingerprint density at radius 3 is 2.76 bits per heavy atom. The number of aromatic nitrogens is 2. The van der Waals surface area contributed by atoms with Gasteiger partial charge in [-0.2, -0.15) is 0 Å². The molecule has 3 rings (SSSR count). The average molecular weight is 316 g/mol. The van der Waals surface area contributed by atoms with Crippen molar-refractivity contribution < 1.29 is 4.79 Å². The van der Waals surface area contributed by atoms with Crippen LogP contribution < -0.4 is 5.32 Å². The standard InChI is InChI=1S/C15H10ClN3OS/c16-14-9-17-8-12(18-14)15(20)19-11-5-2-1-4-10(11)13-6-3-7-21-13/h1-9H,(H,19,20). The van der Waals surface area contributed by atoms with E-state index in [0.29, 0.717) is 0 Å². The Bertz CT molecular complexity index is 774. The molecule has 0 radical (unpaired) electrons. The highest BCUT2D eigenvalue weighted by Crippen LogP contribution is 2.31. The Hall–Kier alpha value is -2.24. The van der Waals surface area contributed by atoms with Crippen LogP contribution in [0.1, 0.15) is 10.5 Å². The second-order valence-corrected chi connectivity index (χ2v) is 5.54. The van der Waals surface area contributed by atoms with Crippen molar-refractivity contribution >= 4 is 34.5 Å². The van der Waals surface area contributed by atoms with E-state index in [0.717, 1.165) is 16.1 Å². The number of amides is 1. The highest BCUT2D eigenvalue weighted by atomic mass is 35.5. The van der Waals surface area contributed by atoms with Gasteiger partial charge in [0.25, 0.3) is 5.91 Å². The van der Waals surface area contributed by atoms with Crippen LogP contribution in [0.2, 0.25) is 5.15 Å². The van der Waals surface area contributed by atoms with Gasteiger partial charge in [0.15, 0.2) is 0 Å². The summed E-state index contributed by atoms with van der Waals surface area (Å²) in [5.74, 6) is -0.339. The fourth-order valence-electron chi connectivity index (χ4n) is 1.88. The predicted octanol–water partition coefficient (Wildman–Crippen LogP) is 4.11. The molecule has 4 nitrogen and oxygen atoms in total. The van der Waals surface area contributed by atoms with Gasteiger partial charge in [-0.15, -0.1) is 11.3 Å². The summed E-state index contributed by atoms with van der Waals surface area (Å²) in [4.78, 5) is 21.1. The number of para-hydroxylation sites is 1. The Labute approximate surface area is 130 Å². The van der Waals surface area contributed by atoms with E-state index in [9.17, 15) is 4.79 Å². The van der Waals surface area contributed by atoms with Crippen molar-refractivity contribution in [3.05, 3.63) is 65.0 Å². The fourth-order valence-corrected chi connectivity index (χ4v) is 2.79. The highest BCUT2D eigenvalue weighted by Gasteiger charge is 2.12. The lowest BCUT2D eigenvalue weighted by Gasteiger charge is -2.09. The van der Waals surface area contributed by atoms with Crippen molar-refractivity contribution in [1.29, 1.82) is 0 Å². The molecule has 0 bridgehead atoms. The summed E-state index contributed by atoms with van der Waals surface area (Å²) in [5.41, 5.74) is 1.88. The molecule has 0 aliphatic heterocycles. The van der Waals surface area contributed by atoms with Crippen LogP contribution in [0.15, 0.2) is 54.2 Å². The number of carbonyl (C=O) groups excluding carboxylic acids is 1. The molecule has 21 heavy (non-hydrogen) atoms. The van der Waals surface area contributed by atoms with Crippen LogP contribution in [0, 0.1) is 0 Å². The maximum atomic E-state index is 12.2. The zero-order valence-electron chi connectivity index (χ0n) is 10.8. The van der Waals surface area contributed by atoms with Crippen molar-refractivity contribution in [2.75, 3.05) is 5.32 Å². The molecule has 0 saturated heterocycles. The summed E-state index contributed by atoms with van der Waals surface area (Å²) in [5, 5.41) is 5.03. The van der Waals surface area contributed by atoms with Crippen LogP contribution in [-0.2, 0) is 0 Å². The van der Waals surface area contributed by atoms with Crippen LogP contribution in [0.3, 0.4) is 0 Å². The molecule has 0 atom stereocenters. The molecule has 2 aromatic heterocycles. The van der Waals surface area contributed by atoms with Crippen molar-refractivity contribution in [2.24, 2.45) is 0 Å². The summed E-state index contributed by atoms with van der Waals surface area (Å²) in [6.45, 7) is 0. The minimum absolute atomic E-state index is 0.184. The highest BCUT2D eigenvalue weighted by molar-refractivity contribution is 7.13. The van der Waals surface area contributed by atoms with E-state index in [4.69, 9.17) is 11.6 Å². The average Bonchev–Trinajstić information content (AvgIpc) is 3.02. The third-order valence-corrected chi connectivity index (χ3v) is 3.88. The van der Waals surface area contributed by atoms with E-state index in [1.165, 1.54) is 12.4 Å². The van der Waals surface area contributed by atoms with Crippen LogP contribution in [-0.4, -0.2) is 15.9 Å². The van der Waals surface area contributed by atoms with Gasteiger partial charge in [-0.25, -0.2) is 4.98 Å². The molecule has 0 aliphatic rings. The molecular formula is C15H10ClN3OS. The third-order valence-electron chi connectivity index (χ3n) is 2.80. The van der Waals surface area contributed by atoms with Crippen LogP contribution in [0.4, 0.5) is 5.69 Å². The molecule has 0 spiro atoms. The van der Waals surface area contributed by atoms with E-state index in [-0.39, 0.29) is 16.8 Å². The van der Waals surface area contributed by atoms with Crippen molar-refractivity contribution in [2.45, 2.75) is 0 Å². The van der Waals surface area contributed by atoms with Gasteiger partial charge in [-0.05, 0) is 17.5 Å². The Kier molecular flexibility index (Phi) is 3.94. The van der Waals surface area contributed by atoms with Crippen LogP contribution in [0.5, 0.6) is 0 Å². The second kappa shape index (κ2) is 6.03. The van der Waals surface area contributed by atoms with Gasteiger partial charge in [-0.3, -0.25) is 9.78 Å². The van der Waals surface area contributed by atoms with E-state index in [1.807, 2.05) is 41.8 Å². The number of hydrogen-bond donors (Lipinski definition) is 1. The molecule has 0 unspecified atom stereocenters. The molecule has 1 aromatic carbocycles. The van der Waals surface area contributed by atoms with Crippen molar-refractivity contribution in [3.63, 3.8) is 0 Å². The summed E-state index contributed by atoms with van der Waals surface area (Å²) >= 11 is 7.37. The van der Waals surface area contributed by atoms with Gasteiger partial charge >= 0.3 is 0 Å². The topological polar surface area (TPSA) is 54.9 Å². The Morgan fingerprint density at radius 1 is 1.14 bits per heavy atom. The molecule has 3 aromatic rings. The first-order valence-electron chi connectivity index (χ1n) is 6.16. The zero-order valence-corrected chi connectivity index (χ0v) is 12.4. The number of anilines is 1. The summed E-state index contributed by atoms with van der Waals surface area (Å²) in [6.07, 6.45) is 2.77. The normalized spacial score (nSPS) is 10.3. The Balaban J connectivity index is 1.90. The first-order valence-corrected chi connectivity index (χ1v) is 7.41. The molecule has 2 heterocycles. The fraction of sp³-hybridized carbons (Fsp3) is 0. The molecule has 0 fully saturated rings. The van der Waals surface area contributed by atoms with E-state index >= 15 is 0 Å². The smallest absolute Gasteiger partial charge is 0.275 e. The van der Waals surface area contributed by atoms with Crippen molar-refractivity contribution in [3.8, 4) is 10.4 Å². The first kappa shape index (κ1) is 13.7.